The number of halogens is 1. The standard InChI is InChI=1S/C21H24ClN3O.C14H24.C6H12.2C2H6/c1-4-6-20(26)18-11-15(8-7-14(18)5-2)17-10-9-16(22)12-19(17)21(24)25(3)13-23;1-7-8-13(6)10-14(12(4)5)9-11(2)3;1-2-3-6-4-5-6;2*1-2/h7-13,23-24H,4-6H2,1-3H3;9-10,12H,2,7-8H2,1,3-6H3;6H,2-5H2,1H3;2*1-2H3/b;13-10-,14-9+;;;. The summed E-state index contributed by atoms with van der Waals surface area (Å²) in [7, 11) is 1.65. The molecule has 0 aromatic heterocycles. The van der Waals surface area contributed by atoms with Gasteiger partial charge in [0, 0.05) is 29.6 Å². The highest BCUT2D eigenvalue weighted by atomic mass is 35.5. The van der Waals surface area contributed by atoms with Crippen molar-refractivity contribution in [1.82, 2.24) is 4.90 Å². The lowest BCUT2D eigenvalue weighted by molar-refractivity contribution is 0.0981. The molecule has 280 valence electrons. The van der Waals surface area contributed by atoms with Crippen molar-refractivity contribution in [2.75, 3.05) is 7.05 Å². The minimum atomic E-state index is 0.147. The molecule has 0 radical (unpaired) electrons. The summed E-state index contributed by atoms with van der Waals surface area (Å²) in [5.74, 6) is 2.06. The van der Waals surface area contributed by atoms with Crippen LogP contribution >= 0.6 is 11.6 Å². The van der Waals surface area contributed by atoms with Crippen molar-refractivity contribution in [2.24, 2.45) is 11.8 Å². The minimum absolute atomic E-state index is 0.147. The molecule has 5 heteroatoms. The number of allylic oxidation sites excluding steroid dienone is 5. The van der Waals surface area contributed by atoms with E-state index in [1.807, 2.05) is 72.7 Å². The topological polar surface area (TPSA) is 68.0 Å². The number of Topliss-reactive ketones (excluding diaryl/α,β-unsaturated/α-hetero) is 1. The van der Waals surface area contributed by atoms with Crippen LogP contribution < -0.4 is 0 Å². The largest absolute Gasteiger partial charge is 0.321 e. The zero-order valence-corrected chi connectivity index (χ0v) is 34.9. The van der Waals surface area contributed by atoms with Gasteiger partial charge in [0.2, 0.25) is 0 Å². The van der Waals surface area contributed by atoms with Crippen LogP contribution in [0.4, 0.5) is 0 Å². The van der Waals surface area contributed by atoms with Crippen LogP contribution in [-0.2, 0) is 6.42 Å². The molecule has 2 N–H and O–H groups in total. The molecular formula is C45H72ClN3O. The van der Waals surface area contributed by atoms with Gasteiger partial charge in [-0.15, -0.1) is 0 Å². The molecule has 0 amide bonds. The Bertz CT molecular complexity index is 1360. The van der Waals surface area contributed by atoms with Gasteiger partial charge in [0.1, 0.15) is 5.84 Å². The van der Waals surface area contributed by atoms with Gasteiger partial charge < -0.3 is 4.90 Å². The van der Waals surface area contributed by atoms with Crippen LogP contribution in [0.2, 0.25) is 5.02 Å². The van der Waals surface area contributed by atoms with Gasteiger partial charge >= 0.3 is 0 Å². The second-order valence-electron chi connectivity index (χ2n) is 12.8. The number of ketones is 1. The van der Waals surface area contributed by atoms with Gasteiger partial charge in [-0.3, -0.25) is 15.6 Å². The van der Waals surface area contributed by atoms with E-state index < -0.39 is 0 Å². The third kappa shape index (κ3) is 19.2. The van der Waals surface area contributed by atoms with Crippen LogP contribution in [0.15, 0.2) is 71.8 Å². The molecule has 0 saturated heterocycles. The molecule has 4 nitrogen and oxygen atoms in total. The number of nitrogens with one attached hydrogen (secondary N) is 2. The van der Waals surface area contributed by atoms with E-state index in [1.165, 1.54) is 54.6 Å². The molecule has 0 heterocycles. The summed E-state index contributed by atoms with van der Waals surface area (Å²) in [5.41, 5.74) is 8.10. The maximum absolute atomic E-state index is 12.5. The monoisotopic (exact) mass is 706 g/mol. The molecule has 0 aliphatic heterocycles. The molecular weight excluding hydrogens is 634 g/mol. The quantitative estimate of drug-likeness (QED) is 0.0889. The summed E-state index contributed by atoms with van der Waals surface area (Å²) in [4.78, 5) is 13.9. The van der Waals surface area contributed by atoms with E-state index in [4.69, 9.17) is 22.4 Å². The molecule has 1 saturated carbocycles. The lowest BCUT2D eigenvalue weighted by Crippen LogP contribution is -2.25. The first-order valence-corrected chi connectivity index (χ1v) is 19.5. The molecule has 1 aliphatic rings. The van der Waals surface area contributed by atoms with Gasteiger partial charge in [-0.1, -0.05) is 161 Å². The number of carbonyl (C=O) groups excluding carboxylic acids is 1. The van der Waals surface area contributed by atoms with E-state index in [0.717, 1.165) is 52.9 Å². The van der Waals surface area contributed by atoms with Crippen molar-refractivity contribution < 1.29 is 4.79 Å². The van der Waals surface area contributed by atoms with Crippen molar-refractivity contribution in [1.29, 1.82) is 10.8 Å². The number of hydrogen-bond donors (Lipinski definition) is 2. The van der Waals surface area contributed by atoms with Gasteiger partial charge in [0.05, 0.1) is 6.34 Å². The average Bonchev–Trinajstić information content (AvgIpc) is 3.94. The highest BCUT2D eigenvalue weighted by molar-refractivity contribution is 6.31. The molecule has 0 bridgehead atoms. The summed E-state index contributed by atoms with van der Waals surface area (Å²) in [6, 6.07) is 11.2. The third-order valence-corrected chi connectivity index (χ3v) is 8.13. The zero-order chi connectivity index (χ0) is 38.8. The van der Waals surface area contributed by atoms with Crippen molar-refractivity contribution >= 4 is 29.6 Å². The Morgan fingerprint density at radius 3 is 1.96 bits per heavy atom. The van der Waals surface area contributed by atoms with Crippen LogP contribution in [-0.4, -0.2) is 29.9 Å². The Labute approximate surface area is 313 Å². The number of rotatable bonds is 14. The molecule has 2 aromatic carbocycles. The van der Waals surface area contributed by atoms with Gasteiger partial charge in [-0.25, -0.2) is 0 Å². The van der Waals surface area contributed by atoms with Crippen LogP contribution in [0.5, 0.6) is 0 Å². The highest BCUT2D eigenvalue weighted by Crippen LogP contribution is 2.33. The maximum atomic E-state index is 12.5. The highest BCUT2D eigenvalue weighted by Gasteiger charge is 2.19. The van der Waals surface area contributed by atoms with E-state index in [0.29, 0.717) is 22.9 Å². The summed E-state index contributed by atoms with van der Waals surface area (Å²) in [6.45, 7) is 29.2. The van der Waals surface area contributed by atoms with Crippen molar-refractivity contribution in [2.45, 2.75) is 141 Å². The Morgan fingerprint density at radius 2 is 1.52 bits per heavy atom. The lowest BCUT2D eigenvalue weighted by Gasteiger charge is -2.18. The third-order valence-electron chi connectivity index (χ3n) is 7.89. The second-order valence-corrected chi connectivity index (χ2v) is 13.2. The Morgan fingerprint density at radius 1 is 0.920 bits per heavy atom. The van der Waals surface area contributed by atoms with E-state index in [1.54, 1.807) is 19.2 Å². The second kappa shape index (κ2) is 28.5. The van der Waals surface area contributed by atoms with Crippen LogP contribution in [0.3, 0.4) is 0 Å². The average molecular weight is 707 g/mol. The van der Waals surface area contributed by atoms with E-state index >= 15 is 0 Å². The molecule has 2 aromatic rings. The Kier molecular flexibility index (Phi) is 27.8. The number of nitrogens with zero attached hydrogens (tertiary/aromatic N) is 1. The predicted molar refractivity (Wildman–Crippen MR) is 226 cm³/mol. The molecule has 0 spiro atoms. The van der Waals surface area contributed by atoms with Crippen LogP contribution in [0, 0.1) is 22.7 Å². The van der Waals surface area contributed by atoms with E-state index in [9.17, 15) is 4.79 Å². The minimum Gasteiger partial charge on any atom is -0.321 e. The number of hydrogen-bond acceptors (Lipinski definition) is 3. The lowest BCUT2D eigenvalue weighted by atomic mass is 9.92. The van der Waals surface area contributed by atoms with Crippen LogP contribution in [0.25, 0.3) is 11.1 Å². The fraction of sp³-hybridized carbons (Fsp3) is 0.533. The summed E-state index contributed by atoms with van der Waals surface area (Å²) in [5, 5.41) is 16.3. The zero-order valence-electron chi connectivity index (χ0n) is 34.2. The van der Waals surface area contributed by atoms with Gasteiger partial charge in [0.15, 0.2) is 5.78 Å². The number of amidine groups is 1. The molecule has 0 atom stereocenters. The summed E-state index contributed by atoms with van der Waals surface area (Å²) < 4.78 is 0. The predicted octanol–water partition coefficient (Wildman–Crippen LogP) is 14.6. The molecule has 3 rings (SSSR count). The molecule has 1 fully saturated rings. The fourth-order valence-electron chi connectivity index (χ4n) is 5.12. The molecule has 0 unspecified atom stereocenters. The summed E-state index contributed by atoms with van der Waals surface area (Å²) in [6.07, 6.45) is 16.1. The molecule has 50 heavy (non-hydrogen) atoms. The van der Waals surface area contributed by atoms with Crippen LogP contribution in [0.1, 0.15) is 156 Å². The Balaban J connectivity index is 0. The first kappa shape index (κ1) is 48.9. The number of benzene rings is 2. The van der Waals surface area contributed by atoms with Gasteiger partial charge in [0.25, 0.3) is 0 Å². The Hall–Kier alpha value is -3.24. The number of carbonyl (C=O) groups is 1. The summed E-state index contributed by atoms with van der Waals surface area (Å²) >= 11 is 6.14. The smallest absolute Gasteiger partial charge is 0.163 e. The van der Waals surface area contributed by atoms with E-state index in [-0.39, 0.29) is 11.6 Å². The fourth-order valence-corrected chi connectivity index (χ4v) is 5.29. The SMILES string of the molecule is C=C(C)/C=C(\C=C(\C)CCC)C(C)C.CC.CC.CCCC(=O)c1cc(-c2ccc(Cl)cc2C(=N)N(C)C=N)ccc1CC.CCCC1CC1. The van der Waals surface area contributed by atoms with Gasteiger partial charge in [-0.05, 0) is 85.4 Å². The molecule has 1 aliphatic carbocycles. The maximum Gasteiger partial charge on any atom is 0.163 e. The van der Waals surface area contributed by atoms with Crippen molar-refractivity contribution in [3.63, 3.8) is 0 Å². The first-order chi connectivity index (χ1) is 23.8. The first-order valence-electron chi connectivity index (χ1n) is 19.2. The van der Waals surface area contributed by atoms with Crippen molar-refractivity contribution in [3.05, 3.63) is 93.6 Å². The number of aryl methyl sites for hydroxylation is 1. The van der Waals surface area contributed by atoms with E-state index in [2.05, 4.69) is 53.3 Å². The normalized spacial score (nSPS) is 12.1. The van der Waals surface area contributed by atoms with Gasteiger partial charge in [-0.2, -0.15) is 0 Å². The van der Waals surface area contributed by atoms with Crippen molar-refractivity contribution in [3.8, 4) is 11.1 Å².